The summed E-state index contributed by atoms with van der Waals surface area (Å²) in [7, 11) is -4.28. The molecular formula is C18H9Cl2F2N3O2S. The summed E-state index contributed by atoms with van der Waals surface area (Å²) in [5.74, 6) is 2.70. The van der Waals surface area contributed by atoms with Gasteiger partial charge in [-0.2, -0.15) is 0 Å². The van der Waals surface area contributed by atoms with Crippen LogP contribution in [0.25, 0.3) is 0 Å². The SMILES string of the molecule is O=S(=O)(Nc1ccc(F)c(C#Cc2cncnc2)c1F)c1cc(Cl)ccc1Cl. The number of nitrogens with one attached hydrogen (secondary N) is 1. The van der Waals surface area contributed by atoms with Gasteiger partial charge in [0.25, 0.3) is 10.0 Å². The maximum absolute atomic E-state index is 14.7. The summed E-state index contributed by atoms with van der Waals surface area (Å²) in [4.78, 5) is 7.13. The Hall–Kier alpha value is -2.73. The van der Waals surface area contributed by atoms with Gasteiger partial charge in [-0.15, -0.1) is 0 Å². The van der Waals surface area contributed by atoms with Crippen LogP contribution in [-0.4, -0.2) is 18.4 Å². The molecule has 0 fully saturated rings. The smallest absolute Gasteiger partial charge is 0.263 e. The summed E-state index contributed by atoms with van der Waals surface area (Å²) < 4.78 is 55.8. The van der Waals surface area contributed by atoms with Crippen molar-refractivity contribution in [3.63, 3.8) is 0 Å². The lowest BCUT2D eigenvalue weighted by atomic mass is 10.1. The van der Waals surface area contributed by atoms with E-state index in [-0.39, 0.29) is 14.9 Å². The third-order valence-electron chi connectivity index (χ3n) is 3.41. The van der Waals surface area contributed by atoms with Gasteiger partial charge in [0, 0.05) is 17.4 Å². The van der Waals surface area contributed by atoms with E-state index in [1.165, 1.54) is 30.9 Å². The standard InChI is InChI=1S/C18H9Cl2F2N3O2S/c19-12-2-4-14(20)17(7-12)28(26,27)25-16-6-5-15(21)13(18(16)22)3-1-11-8-23-10-24-9-11/h2,4-10,25H. The minimum atomic E-state index is -4.28. The Balaban J connectivity index is 2.00. The molecule has 0 bridgehead atoms. The zero-order valence-corrected chi connectivity index (χ0v) is 16.1. The average molecular weight is 440 g/mol. The monoisotopic (exact) mass is 439 g/mol. The normalized spacial score (nSPS) is 10.9. The molecule has 0 radical (unpaired) electrons. The predicted molar refractivity (Wildman–Crippen MR) is 102 cm³/mol. The van der Waals surface area contributed by atoms with Crippen molar-refractivity contribution in [2.75, 3.05) is 4.72 Å². The van der Waals surface area contributed by atoms with Gasteiger partial charge >= 0.3 is 0 Å². The highest BCUT2D eigenvalue weighted by Crippen LogP contribution is 2.28. The number of hydrogen-bond acceptors (Lipinski definition) is 4. The highest BCUT2D eigenvalue weighted by Gasteiger charge is 2.22. The number of hydrogen-bond donors (Lipinski definition) is 1. The molecule has 0 saturated heterocycles. The molecule has 1 N–H and O–H groups in total. The highest BCUT2D eigenvalue weighted by molar-refractivity contribution is 7.92. The molecule has 0 aliphatic rings. The maximum atomic E-state index is 14.7. The van der Waals surface area contributed by atoms with E-state index in [2.05, 4.69) is 21.8 Å². The summed E-state index contributed by atoms with van der Waals surface area (Å²) in [6, 6.07) is 5.65. The van der Waals surface area contributed by atoms with Crippen molar-refractivity contribution in [3.8, 4) is 11.8 Å². The summed E-state index contributed by atoms with van der Waals surface area (Å²) in [5.41, 5.74) is -0.773. The van der Waals surface area contributed by atoms with Crippen LogP contribution in [0.1, 0.15) is 11.1 Å². The molecule has 28 heavy (non-hydrogen) atoms. The molecule has 2 aromatic carbocycles. The van der Waals surface area contributed by atoms with E-state index in [4.69, 9.17) is 23.2 Å². The lowest BCUT2D eigenvalue weighted by molar-refractivity contribution is 0.578. The lowest BCUT2D eigenvalue weighted by Gasteiger charge is -2.11. The molecule has 0 aliphatic carbocycles. The molecule has 0 aliphatic heterocycles. The number of halogens is 4. The second-order valence-electron chi connectivity index (χ2n) is 5.34. The molecule has 0 unspecified atom stereocenters. The maximum Gasteiger partial charge on any atom is 0.263 e. The van der Waals surface area contributed by atoms with Crippen LogP contribution in [0.4, 0.5) is 14.5 Å². The van der Waals surface area contributed by atoms with E-state index in [1.54, 1.807) is 0 Å². The lowest BCUT2D eigenvalue weighted by Crippen LogP contribution is -2.15. The van der Waals surface area contributed by atoms with E-state index in [0.717, 1.165) is 18.2 Å². The van der Waals surface area contributed by atoms with Gasteiger partial charge in [0.1, 0.15) is 17.0 Å². The molecule has 10 heteroatoms. The molecule has 142 valence electrons. The van der Waals surface area contributed by atoms with Gasteiger partial charge < -0.3 is 0 Å². The fourth-order valence-electron chi connectivity index (χ4n) is 2.13. The van der Waals surface area contributed by atoms with Gasteiger partial charge in [0.15, 0.2) is 5.82 Å². The Bertz CT molecular complexity index is 1210. The molecule has 0 atom stereocenters. The van der Waals surface area contributed by atoms with E-state index in [9.17, 15) is 17.2 Å². The Kier molecular flexibility index (Phi) is 5.79. The van der Waals surface area contributed by atoms with Crippen LogP contribution in [0, 0.1) is 23.5 Å². The minimum absolute atomic E-state index is 0.108. The Labute approximate surface area is 169 Å². The van der Waals surface area contributed by atoms with Crippen molar-refractivity contribution in [1.82, 2.24) is 9.97 Å². The Morgan fingerprint density at radius 1 is 1.00 bits per heavy atom. The average Bonchev–Trinajstić information content (AvgIpc) is 2.66. The largest absolute Gasteiger partial charge is 0.277 e. The van der Waals surface area contributed by atoms with Crippen LogP contribution < -0.4 is 4.72 Å². The second kappa shape index (κ2) is 8.10. The van der Waals surface area contributed by atoms with Gasteiger partial charge in [-0.05, 0) is 30.3 Å². The fourth-order valence-corrected chi connectivity index (χ4v) is 3.95. The summed E-state index contributed by atoms with van der Waals surface area (Å²) in [5, 5.41) is 0.0181. The third kappa shape index (κ3) is 4.39. The summed E-state index contributed by atoms with van der Waals surface area (Å²) in [6.07, 6.45) is 4.01. The van der Waals surface area contributed by atoms with Crippen LogP contribution in [0.15, 0.2) is 53.9 Å². The first-order valence-electron chi connectivity index (χ1n) is 7.51. The van der Waals surface area contributed by atoms with Crippen LogP contribution in [0.5, 0.6) is 0 Å². The van der Waals surface area contributed by atoms with E-state index in [1.807, 2.05) is 4.72 Å². The van der Waals surface area contributed by atoms with Gasteiger partial charge in [-0.25, -0.2) is 27.2 Å². The topological polar surface area (TPSA) is 72.0 Å². The number of sulfonamides is 1. The van der Waals surface area contributed by atoms with Crippen molar-refractivity contribution in [2.45, 2.75) is 4.90 Å². The van der Waals surface area contributed by atoms with Crippen LogP contribution in [0.2, 0.25) is 10.0 Å². The second-order valence-corrected chi connectivity index (χ2v) is 7.84. The first kappa shape index (κ1) is 20.0. The Morgan fingerprint density at radius 3 is 2.43 bits per heavy atom. The molecule has 3 rings (SSSR count). The quantitative estimate of drug-likeness (QED) is 0.618. The summed E-state index contributed by atoms with van der Waals surface area (Å²) >= 11 is 11.7. The molecule has 5 nitrogen and oxygen atoms in total. The molecule has 1 heterocycles. The molecule has 1 aromatic heterocycles. The molecule has 0 amide bonds. The molecule has 3 aromatic rings. The Morgan fingerprint density at radius 2 is 1.71 bits per heavy atom. The first-order valence-corrected chi connectivity index (χ1v) is 9.75. The number of rotatable bonds is 3. The van der Waals surface area contributed by atoms with Crippen molar-refractivity contribution in [2.24, 2.45) is 0 Å². The van der Waals surface area contributed by atoms with Gasteiger partial charge in [0.2, 0.25) is 0 Å². The molecule has 0 spiro atoms. The number of benzene rings is 2. The minimum Gasteiger partial charge on any atom is -0.277 e. The molecule has 0 saturated carbocycles. The van der Waals surface area contributed by atoms with E-state index >= 15 is 0 Å². The summed E-state index contributed by atoms with van der Waals surface area (Å²) in [6.45, 7) is 0. The number of nitrogens with zero attached hydrogens (tertiary/aromatic N) is 2. The number of anilines is 1. The van der Waals surface area contributed by atoms with Gasteiger partial charge in [-0.1, -0.05) is 35.0 Å². The van der Waals surface area contributed by atoms with Crippen LogP contribution >= 0.6 is 23.2 Å². The first-order chi connectivity index (χ1) is 13.3. The third-order valence-corrected chi connectivity index (χ3v) is 5.49. The van der Waals surface area contributed by atoms with Gasteiger partial charge in [-0.3, -0.25) is 4.72 Å². The van der Waals surface area contributed by atoms with Crippen molar-refractivity contribution in [1.29, 1.82) is 0 Å². The zero-order chi connectivity index (χ0) is 20.3. The van der Waals surface area contributed by atoms with Crippen LogP contribution in [-0.2, 0) is 10.0 Å². The van der Waals surface area contributed by atoms with E-state index in [0.29, 0.717) is 5.56 Å². The highest BCUT2D eigenvalue weighted by atomic mass is 35.5. The fraction of sp³-hybridized carbons (Fsp3) is 0. The molecular weight excluding hydrogens is 431 g/mol. The van der Waals surface area contributed by atoms with Crippen molar-refractivity contribution in [3.05, 3.63) is 81.9 Å². The van der Waals surface area contributed by atoms with Crippen molar-refractivity contribution < 1.29 is 17.2 Å². The van der Waals surface area contributed by atoms with E-state index < -0.39 is 32.9 Å². The number of aromatic nitrogens is 2. The van der Waals surface area contributed by atoms with Crippen molar-refractivity contribution >= 4 is 38.9 Å². The van der Waals surface area contributed by atoms with Crippen LogP contribution in [0.3, 0.4) is 0 Å². The zero-order valence-electron chi connectivity index (χ0n) is 13.7. The predicted octanol–water partition coefficient (Wildman–Crippen LogP) is 4.26. The van der Waals surface area contributed by atoms with Gasteiger partial charge in [0.05, 0.1) is 21.8 Å².